The van der Waals surface area contributed by atoms with Gasteiger partial charge in [0.1, 0.15) is 10.6 Å². The van der Waals surface area contributed by atoms with Gasteiger partial charge in [-0.25, -0.2) is 17.2 Å². The monoisotopic (exact) mass is 627 g/mol. The summed E-state index contributed by atoms with van der Waals surface area (Å²) >= 11 is 0. The molecule has 0 spiro atoms. The molecule has 14 heteroatoms. The minimum absolute atomic E-state index is 0.0416. The van der Waals surface area contributed by atoms with E-state index in [4.69, 9.17) is 4.74 Å². The average molecular weight is 628 g/mol. The van der Waals surface area contributed by atoms with Crippen LogP contribution in [0.5, 0.6) is 0 Å². The minimum atomic E-state index is -6.33. The van der Waals surface area contributed by atoms with E-state index in [-0.39, 0.29) is 60.1 Å². The molecule has 1 aliphatic heterocycles. The van der Waals surface area contributed by atoms with E-state index < -0.39 is 49.9 Å². The van der Waals surface area contributed by atoms with Crippen LogP contribution in [0.25, 0.3) is 0 Å². The SMILES string of the molecule is O=C(NCC1CCOCC1)C1CCC(c2ccc(C(F)(C(F)(F)F)C(F)(F)F)cc2)(S(=O)(=O)c2ccc(F)cc2)CC1. The molecule has 1 amide bonds. The summed E-state index contributed by atoms with van der Waals surface area (Å²) in [5, 5.41) is 2.88. The Morgan fingerprint density at radius 2 is 1.36 bits per heavy atom. The van der Waals surface area contributed by atoms with Crippen LogP contribution < -0.4 is 5.32 Å². The summed E-state index contributed by atoms with van der Waals surface area (Å²) in [5.41, 5.74) is -7.59. The van der Waals surface area contributed by atoms with Gasteiger partial charge in [-0.3, -0.25) is 4.79 Å². The highest BCUT2D eigenvalue weighted by molar-refractivity contribution is 7.92. The molecule has 1 aliphatic carbocycles. The summed E-state index contributed by atoms with van der Waals surface area (Å²) in [6.07, 6.45) is -11.4. The molecule has 0 radical (unpaired) electrons. The third kappa shape index (κ3) is 5.88. The van der Waals surface area contributed by atoms with E-state index in [2.05, 4.69) is 5.32 Å². The second-order valence-electron chi connectivity index (χ2n) is 10.8. The van der Waals surface area contributed by atoms with Gasteiger partial charge in [0.25, 0.3) is 0 Å². The van der Waals surface area contributed by atoms with Crippen LogP contribution in [0.2, 0.25) is 0 Å². The lowest BCUT2D eigenvalue weighted by molar-refractivity contribution is -0.348. The molecule has 1 N–H and O–H groups in total. The fourth-order valence-electron chi connectivity index (χ4n) is 5.73. The Hall–Kier alpha value is -2.74. The highest BCUT2D eigenvalue weighted by atomic mass is 32.2. The Morgan fingerprint density at radius 3 is 1.86 bits per heavy atom. The lowest BCUT2D eigenvalue weighted by atomic mass is 9.77. The third-order valence-corrected chi connectivity index (χ3v) is 10.9. The average Bonchev–Trinajstić information content (AvgIpc) is 2.95. The van der Waals surface area contributed by atoms with Crippen molar-refractivity contribution in [2.75, 3.05) is 19.8 Å². The van der Waals surface area contributed by atoms with E-state index in [0.29, 0.717) is 19.8 Å². The predicted molar refractivity (Wildman–Crippen MR) is 135 cm³/mol. The van der Waals surface area contributed by atoms with Crippen LogP contribution in [0.4, 0.5) is 35.1 Å². The van der Waals surface area contributed by atoms with Gasteiger partial charge in [0, 0.05) is 31.2 Å². The van der Waals surface area contributed by atoms with E-state index >= 15 is 0 Å². The minimum Gasteiger partial charge on any atom is -0.381 e. The maximum atomic E-state index is 14.6. The van der Waals surface area contributed by atoms with Gasteiger partial charge < -0.3 is 10.1 Å². The van der Waals surface area contributed by atoms with E-state index in [9.17, 15) is 48.3 Å². The first kappa shape index (κ1) is 32.2. The molecule has 0 atom stereocenters. The molecule has 2 fully saturated rings. The molecule has 1 saturated heterocycles. The van der Waals surface area contributed by atoms with Crippen LogP contribution in [-0.2, 0) is 29.8 Å². The predicted octanol–water partition coefficient (Wildman–Crippen LogP) is 6.52. The summed E-state index contributed by atoms with van der Waals surface area (Å²) in [4.78, 5) is 12.6. The second-order valence-corrected chi connectivity index (χ2v) is 13.0. The van der Waals surface area contributed by atoms with Crippen LogP contribution in [0.1, 0.15) is 49.7 Å². The first-order valence-electron chi connectivity index (χ1n) is 13.3. The summed E-state index contributed by atoms with van der Waals surface area (Å²) in [6, 6.07) is 5.88. The van der Waals surface area contributed by atoms with Crippen molar-refractivity contribution in [2.45, 2.75) is 66.2 Å². The molecule has 0 unspecified atom stereocenters. The highest BCUT2D eigenvalue weighted by Gasteiger charge is 2.73. The first-order chi connectivity index (χ1) is 19.5. The van der Waals surface area contributed by atoms with Crippen molar-refractivity contribution >= 4 is 15.7 Å². The van der Waals surface area contributed by atoms with E-state index in [1.165, 1.54) is 0 Å². The molecule has 5 nitrogen and oxygen atoms in total. The highest BCUT2D eigenvalue weighted by Crippen LogP contribution is 2.54. The summed E-state index contributed by atoms with van der Waals surface area (Å²) in [6.45, 7) is 1.59. The molecular formula is C28H29F8NO4S. The van der Waals surface area contributed by atoms with Crippen LogP contribution in [0.15, 0.2) is 53.4 Å². The first-order valence-corrected chi connectivity index (χ1v) is 14.8. The quantitative estimate of drug-likeness (QED) is 0.281. The molecule has 4 rings (SSSR count). The zero-order chi connectivity index (χ0) is 31.0. The standard InChI is InChI=1S/C28H29F8NO4S/c29-22-5-7-23(8-6-22)42(39,40)25(13-9-19(10-14-25)24(38)37-17-18-11-15-41-16-12-18)20-1-3-21(4-2-20)26(30,27(31,32)33)28(34,35)36/h1-8,18-19H,9-17H2,(H,37,38). The van der Waals surface area contributed by atoms with Crippen molar-refractivity contribution in [3.05, 3.63) is 65.5 Å². The van der Waals surface area contributed by atoms with Crippen LogP contribution in [0, 0.1) is 17.7 Å². The number of carbonyl (C=O) groups excluding carboxylic acids is 1. The van der Waals surface area contributed by atoms with Crippen molar-refractivity contribution in [3.63, 3.8) is 0 Å². The van der Waals surface area contributed by atoms with Crippen LogP contribution in [0.3, 0.4) is 0 Å². The van der Waals surface area contributed by atoms with Crippen LogP contribution in [-0.4, -0.2) is 46.4 Å². The number of sulfone groups is 1. The van der Waals surface area contributed by atoms with E-state index in [1.54, 1.807) is 0 Å². The molecule has 2 aromatic rings. The molecule has 232 valence electrons. The van der Waals surface area contributed by atoms with E-state index in [1.807, 2.05) is 0 Å². The molecule has 1 heterocycles. The molecule has 2 aromatic carbocycles. The number of ether oxygens (including phenoxy) is 1. The van der Waals surface area contributed by atoms with Crippen molar-refractivity contribution in [3.8, 4) is 0 Å². The molecule has 1 saturated carbocycles. The zero-order valence-electron chi connectivity index (χ0n) is 22.2. The van der Waals surface area contributed by atoms with Crippen molar-refractivity contribution in [2.24, 2.45) is 11.8 Å². The van der Waals surface area contributed by atoms with Gasteiger partial charge in [0.05, 0.1) is 4.90 Å². The Labute approximate surface area is 237 Å². The smallest absolute Gasteiger partial charge is 0.381 e. The number of benzene rings is 2. The Kier molecular flexibility index (Phi) is 9.00. The summed E-state index contributed by atoms with van der Waals surface area (Å²) in [7, 11) is -4.43. The number of hydrogen-bond donors (Lipinski definition) is 1. The normalized spacial score (nSPS) is 23.0. The summed E-state index contributed by atoms with van der Waals surface area (Å²) in [5.74, 6) is -1.37. The topological polar surface area (TPSA) is 72.5 Å². The van der Waals surface area contributed by atoms with E-state index in [0.717, 1.165) is 49.2 Å². The van der Waals surface area contributed by atoms with Gasteiger partial charge in [0.2, 0.25) is 5.91 Å². The van der Waals surface area contributed by atoms with Gasteiger partial charge in [-0.15, -0.1) is 0 Å². The molecule has 0 aromatic heterocycles. The molecule has 0 bridgehead atoms. The largest absolute Gasteiger partial charge is 0.435 e. The van der Waals surface area contributed by atoms with Gasteiger partial charge in [-0.2, -0.15) is 26.3 Å². The van der Waals surface area contributed by atoms with Crippen molar-refractivity contribution < 1.29 is 53.1 Å². The number of carbonyl (C=O) groups is 1. The lowest BCUT2D eigenvalue weighted by Crippen LogP contribution is -2.50. The fourth-order valence-corrected chi connectivity index (χ4v) is 7.89. The number of rotatable bonds is 7. The molecule has 2 aliphatic rings. The number of amides is 1. The zero-order valence-corrected chi connectivity index (χ0v) is 23.0. The number of hydrogen-bond acceptors (Lipinski definition) is 4. The number of halogens is 8. The lowest BCUT2D eigenvalue weighted by Gasteiger charge is -2.40. The molecule has 42 heavy (non-hydrogen) atoms. The Bertz CT molecular complexity index is 1330. The second kappa shape index (κ2) is 11.7. The van der Waals surface area contributed by atoms with Gasteiger partial charge in [0.15, 0.2) is 9.84 Å². The van der Waals surface area contributed by atoms with Crippen LogP contribution >= 0.6 is 0 Å². The van der Waals surface area contributed by atoms with Gasteiger partial charge >= 0.3 is 18.0 Å². The van der Waals surface area contributed by atoms with Gasteiger partial charge in [-0.05, 0) is 74.3 Å². The Morgan fingerprint density at radius 1 is 0.833 bits per heavy atom. The van der Waals surface area contributed by atoms with Crippen molar-refractivity contribution in [1.82, 2.24) is 5.32 Å². The third-order valence-electron chi connectivity index (χ3n) is 8.30. The molecular weight excluding hydrogens is 598 g/mol. The fraction of sp³-hybridized carbons (Fsp3) is 0.536. The Balaban J connectivity index is 1.66. The maximum absolute atomic E-state index is 14.6. The maximum Gasteiger partial charge on any atom is 0.435 e. The van der Waals surface area contributed by atoms with Crippen molar-refractivity contribution in [1.29, 1.82) is 0 Å². The number of alkyl halides is 7. The van der Waals surface area contributed by atoms with Gasteiger partial charge in [-0.1, -0.05) is 24.3 Å². The summed E-state index contributed by atoms with van der Waals surface area (Å²) < 4.78 is 139. The number of nitrogens with one attached hydrogen (secondary N) is 1.